The highest BCUT2D eigenvalue weighted by Gasteiger charge is 2.29. The summed E-state index contributed by atoms with van der Waals surface area (Å²) in [5.74, 6) is -0.241. The number of carbonyl (C=O) groups excluding carboxylic acids is 1. The van der Waals surface area contributed by atoms with Gasteiger partial charge in [0.25, 0.3) is 0 Å². The van der Waals surface area contributed by atoms with Crippen LogP contribution in [0.15, 0.2) is 72.4 Å². The van der Waals surface area contributed by atoms with Crippen LogP contribution in [0.2, 0.25) is 0 Å². The second-order valence-corrected chi connectivity index (χ2v) is 10.6. The molecule has 0 saturated heterocycles. The summed E-state index contributed by atoms with van der Waals surface area (Å²) in [5, 5.41) is 21.4. The van der Waals surface area contributed by atoms with E-state index in [1.165, 1.54) is 11.6 Å². The standard InChI is InChI=1S/C31H44O7/c1-21-15-16-36-26(19-21)11-13-27(33)28-9-5-7-24(32)18-22(2)17-23(3)20-30-29(35-4)14-12-25(37-30)8-6-10-31(34)38-28/h5-7,10-15,23-30,32-33H,2,8-9,16-20H2,1,3-4H3/b7-5+,10-6-,13-11+/t23-,24+,25+,26+,27-,28-,29-,30+/m0/s1. The van der Waals surface area contributed by atoms with Crippen molar-refractivity contribution < 1.29 is 34.0 Å². The number of carbonyl (C=O) groups is 1. The zero-order valence-corrected chi connectivity index (χ0v) is 22.9. The van der Waals surface area contributed by atoms with Crippen LogP contribution in [-0.2, 0) is 23.7 Å². The lowest BCUT2D eigenvalue weighted by molar-refractivity contribution is -0.147. The minimum atomic E-state index is -1.03. The van der Waals surface area contributed by atoms with Crippen LogP contribution in [-0.4, -0.2) is 72.6 Å². The predicted molar refractivity (Wildman–Crippen MR) is 147 cm³/mol. The minimum absolute atomic E-state index is 0.111. The molecule has 3 aliphatic rings. The van der Waals surface area contributed by atoms with Crippen molar-refractivity contribution in [1.29, 1.82) is 0 Å². The first-order chi connectivity index (χ1) is 18.2. The lowest BCUT2D eigenvalue weighted by atomic mass is 9.90. The molecule has 8 atom stereocenters. The van der Waals surface area contributed by atoms with Gasteiger partial charge in [0.2, 0.25) is 0 Å². The first-order valence-electron chi connectivity index (χ1n) is 13.6. The van der Waals surface area contributed by atoms with Gasteiger partial charge in [0.1, 0.15) is 18.3 Å². The van der Waals surface area contributed by atoms with Crippen molar-refractivity contribution >= 4 is 5.97 Å². The van der Waals surface area contributed by atoms with Gasteiger partial charge in [0, 0.05) is 19.6 Å². The van der Waals surface area contributed by atoms with E-state index >= 15 is 0 Å². The topological polar surface area (TPSA) is 94.5 Å². The molecule has 0 spiro atoms. The number of hydrogen-bond donors (Lipinski definition) is 2. The number of ether oxygens (including phenoxy) is 4. The molecule has 3 heterocycles. The third-order valence-electron chi connectivity index (χ3n) is 7.06. The number of fused-ring (bicyclic) bond motifs is 2. The fourth-order valence-electron chi connectivity index (χ4n) is 5.05. The highest BCUT2D eigenvalue weighted by Crippen LogP contribution is 2.27. The fraction of sp³-hybridized carbons (Fsp3) is 0.581. The summed E-state index contributed by atoms with van der Waals surface area (Å²) in [6.07, 6.45) is 16.4. The molecule has 0 amide bonds. The lowest BCUT2D eigenvalue weighted by Gasteiger charge is -2.33. The molecule has 38 heavy (non-hydrogen) atoms. The van der Waals surface area contributed by atoms with Gasteiger partial charge in [0.05, 0.1) is 31.0 Å². The van der Waals surface area contributed by atoms with Gasteiger partial charge in [-0.05, 0) is 44.9 Å². The van der Waals surface area contributed by atoms with E-state index in [0.717, 1.165) is 24.8 Å². The molecule has 2 bridgehead atoms. The minimum Gasteiger partial charge on any atom is -0.456 e. The van der Waals surface area contributed by atoms with Crippen molar-refractivity contribution in [1.82, 2.24) is 0 Å². The molecule has 7 nitrogen and oxygen atoms in total. The van der Waals surface area contributed by atoms with Gasteiger partial charge in [-0.25, -0.2) is 4.79 Å². The Labute approximate surface area is 227 Å². The molecule has 3 aliphatic heterocycles. The van der Waals surface area contributed by atoms with E-state index in [9.17, 15) is 15.0 Å². The summed E-state index contributed by atoms with van der Waals surface area (Å²) in [6, 6.07) is 0. The lowest BCUT2D eigenvalue weighted by Crippen LogP contribution is -2.37. The number of hydrogen-bond acceptors (Lipinski definition) is 7. The molecule has 0 aromatic heterocycles. The van der Waals surface area contributed by atoms with E-state index in [2.05, 4.69) is 20.4 Å². The Kier molecular flexibility index (Phi) is 12.2. The van der Waals surface area contributed by atoms with E-state index in [1.807, 2.05) is 24.3 Å². The van der Waals surface area contributed by atoms with E-state index in [1.54, 1.807) is 31.4 Å². The SMILES string of the molecule is C=C1C[C@H](C)C[C@H]2O[C@@H](C=C[C@@H]2OC)C/C=C\C(=O)O[C@H]([C@@H](O)/C=C/[C@@H]2CC(C)=CCO2)C/C=C/[C@@H](O)C1. The molecule has 0 aromatic rings. The maximum absolute atomic E-state index is 12.6. The number of methoxy groups -OCH3 is 1. The summed E-state index contributed by atoms with van der Waals surface area (Å²) in [5.41, 5.74) is 2.19. The first-order valence-corrected chi connectivity index (χ1v) is 13.6. The maximum atomic E-state index is 12.6. The van der Waals surface area contributed by atoms with Crippen LogP contribution < -0.4 is 0 Å². The van der Waals surface area contributed by atoms with Crippen molar-refractivity contribution in [2.45, 2.75) is 95.1 Å². The maximum Gasteiger partial charge on any atom is 0.330 e. The molecule has 0 fully saturated rings. The molecule has 0 aliphatic carbocycles. The van der Waals surface area contributed by atoms with Crippen molar-refractivity contribution in [2.75, 3.05) is 13.7 Å². The normalized spacial score (nSPS) is 36.6. The molecule has 0 saturated carbocycles. The number of aliphatic hydroxyl groups is 2. The predicted octanol–water partition coefficient (Wildman–Crippen LogP) is 4.52. The van der Waals surface area contributed by atoms with Gasteiger partial charge in [-0.15, -0.1) is 0 Å². The average molecular weight is 529 g/mol. The molecule has 0 radical (unpaired) electrons. The summed E-state index contributed by atoms with van der Waals surface area (Å²) in [4.78, 5) is 12.6. The molecule has 3 rings (SSSR count). The van der Waals surface area contributed by atoms with Crippen molar-refractivity contribution in [3.63, 3.8) is 0 Å². The molecule has 210 valence electrons. The Morgan fingerprint density at radius 2 is 1.97 bits per heavy atom. The second kappa shape index (κ2) is 15.3. The van der Waals surface area contributed by atoms with Crippen LogP contribution in [0.1, 0.15) is 52.4 Å². The van der Waals surface area contributed by atoms with E-state index in [-0.39, 0.29) is 30.8 Å². The number of esters is 1. The monoisotopic (exact) mass is 528 g/mol. The number of rotatable bonds is 4. The Morgan fingerprint density at radius 1 is 1.16 bits per heavy atom. The summed E-state index contributed by atoms with van der Waals surface area (Å²) in [7, 11) is 1.67. The molecular formula is C31H44O7. The van der Waals surface area contributed by atoms with Gasteiger partial charge < -0.3 is 29.2 Å². The smallest absolute Gasteiger partial charge is 0.330 e. The Balaban J connectivity index is 1.73. The second-order valence-electron chi connectivity index (χ2n) is 10.6. The largest absolute Gasteiger partial charge is 0.456 e. The molecular weight excluding hydrogens is 484 g/mol. The van der Waals surface area contributed by atoms with Crippen LogP contribution in [0, 0.1) is 5.92 Å². The zero-order chi connectivity index (χ0) is 27.5. The molecule has 2 N–H and O–H groups in total. The highest BCUT2D eigenvalue weighted by atomic mass is 16.6. The summed E-state index contributed by atoms with van der Waals surface area (Å²) in [6.45, 7) is 8.91. The Bertz CT molecular complexity index is 931. The summed E-state index contributed by atoms with van der Waals surface area (Å²) >= 11 is 0. The zero-order valence-electron chi connectivity index (χ0n) is 22.9. The van der Waals surface area contributed by atoms with Crippen LogP contribution in [0.4, 0.5) is 0 Å². The van der Waals surface area contributed by atoms with Crippen LogP contribution in [0.25, 0.3) is 0 Å². The van der Waals surface area contributed by atoms with E-state index in [4.69, 9.17) is 18.9 Å². The fourth-order valence-corrected chi connectivity index (χ4v) is 5.05. The van der Waals surface area contributed by atoms with E-state index in [0.29, 0.717) is 25.4 Å². The van der Waals surface area contributed by atoms with Gasteiger partial charge in [-0.2, -0.15) is 0 Å². The molecule has 0 aromatic carbocycles. The van der Waals surface area contributed by atoms with Gasteiger partial charge in [-0.1, -0.05) is 73.3 Å². The van der Waals surface area contributed by atoms with Crippen molar-refractivity contribution in [2.24, 2.45) is 5.92 Å². The van der Waals surface area contributed by atoms with Crippen LogP contribution in [0.3, 0.4) is 0 Å². The number of cyclic esters (lactones) is 1. The quantitative estimate of drug-likeness (QED) is 0.409. The Morgan fingerprint density at radius 3 is 2.74 bits per heavy atom. The van der Waals surface area contributed by atoms with Crippen LogP contribution >= 0.6 is 0 Å². The van der Waals surface area contributed by atoms with Crippen LogP contribution in [0.5, 0.6) is 0 Å². The number of aliphatic hydroxyl groups excluding tert-OH is 2. The van der Waals surface area contributed by atoms with E-state index < -0.39 is 24.3 Å². The Hall–Kier alpha value is -2.29. The van der Waals surface area contributed by atoms with Crippen molar-refractivity contribution in [3.8, 4) is 0 Å². The van der Waals surface area contributed by atoms with Gasteiger partial charge in [0.15, 0.2) is 0 Å². The summed E-state index contributed by atoms with van der Waals surface area (Å²) < 4.78 is 23.2. The molecule has 0 unspecified atom stereocenters. The molecule has 7 heteroatoms. The average Bonchev–Trinajstić information content (AvgIpc) is 2.86. The highest BCUT2D eigenvalue weighted by molar-refractivity contribution is 5.82. The third-order valence-corrected chi connectivity index (χ3v) is 7.06. The van der Waals surface area contributed by atoms with Crippen molar-refractivity contribution in [3.05, 3.63) is 72.4 Å². The first kappa shape index (κ1) is 30.3. The van der Waals surface area contributed by atoms with Gasteiger partial charge >= 0.3 is 5.97 Å². The third kappa shape index (κ3) is 10.1. The van der Waals surface area contributed by atoms with Gasteiger partial charge in [-0.3, -0.25) is 0 Å².